The highest BCUT2D eigenvalue weighted by molar-refractivity contribution is 6.42. The molecule has 1 aromatic carbocycles. The molecule has 8 heteroatoms. The first kappa shape index (κ1) is 24.4. The second-order valence-electron chi connectivity index (χ2n) is 9.19. The first-order valence-electron chi connectivity index (χ1n) is 11.9. The zero-order chi connectivity index (χ0) is 23.4. The lowest BCUT2D eigenvalue weighted by atomic mass is 10.0. The number of hydrogen-bond acceptors (Lipinski definition) is 5. The van der Waals surface area contributed by atoms with Crippen LogP contribution >= 0.6 is 23.2 Å². The van der Waals surface area contributed by atoms with Crippen LogP contribution in [-0.2, 0) is 12.8 Å². The van der Waals surface area contributed by atoms with Crippen LogP contribution in [0.15, 0.2) is 24.5 Å². The Morgan fingerprint density at radius 2 is 1.82 bits per heavy atom. The highest BCUT2D eigenvalue weighted by atomic mass is 35.5. The molecule has 2 aliphatic heterocycles. The molecular formula is C25H32Cl2N4O2. The first-order chi connectivity index (χ1) is 15.9. The minimum atomic E-state index is -0.164. The summed E-state index contributed by atoms with van der Waals surface area (Å²) in [5, 5.41) is 11.0. The van der Waals surface area contributed by atoms with E-state index in [2.05, 4.69) is 14.9 Å². The fourth-order valence-electron chi connectivity index (χ4n) is 4.96. The summed E-state index contributed by atoms with van der Waals surface area (Å²) >= 11 is 12.1. The number of aliphatic hydroxyl groups excluding tert-OH is 1. The van der Waals surface area contributed by atoms with Crippen molar-refractivity contribution in [3.63, 3.8) is 0 Å². The fourth-order valence-corrected chi connectivity index (χ4v) is 5.28. The van der Waals surface area contributed by atoms with Gasteiger partial charge in [0.2, 0.25) is 0 Å². The van der Waals surface area contributed by atoms with Gasteiger partial charge in [-0.1, -0.05) is 29.3 Å². The smallest absolute Gasteiger partial charge is 0.272 e. The van der Waals surface area contributed by atoms with E-state index < -0.39 is 0 Å². The number of likely N-dealkylation sites (tertiary alicyclic amines) is 2. The summed E-state index contributed by atoms with van der Waals surface area (Å²) in [5.74, 6) is -0.00424. The Morgan fingerprint density at radius 3 is 2.58 bits per heavy atom. The molecule has 2 aromatic rings. The van der Waals surface area contributed by atoms with Crippen LogP contribution in [0.1, 0.15) is 59.4 Å². The standard InChI is InChI=1S/C25H32Cl2N4O2/c1-17-23(7-5-18-4-6-21(26)22(27)15-18)28-16-29-24(17)25(33)31-12-8-19(9-13-31)30-11-2-3-20(32)10-14-30/h4,6,15-16,19-20,32H,2-3,5,7-14H2,1H3. The largest absolute Gasteiger partial charge is 0.393 e. The molecule has 1 amide bonds. The number of aliphatic hydroxyl groups is 1. The Labute approximate surface area is 205 Å². The van der Waals surface area contributed by atoms with Gasteiger partial charge < -0.3 is 14.9 Å². The summed E-state index contributed by atoms with van der Waals surface area (Å²) in [4.78, 5) is 26.5. The van der Waals surface area contributed by atoms with Gasteiger partial charge in [-0.25, -0.2) is 9.97 Å². The van der Waals surface area contributed by atoms with Gasteiger partial charge >= 0.3 is 0 Å². The van der Waals surface area contributed by atoms with Crippen LogP contribution in [0, 0.1) is 6.92 Å². The van der Waals surface area contributed by atoms with Gasteiger partial charge in [-0.05, 0) is 76.1 Å². The molecule has 3 heterocycles. The summed E-state index contributed by atoms with van der Waals surface area (Å²) in [5.41, 5.74) is 3.33. The number of halogens is 2. The molecular weight excluding hydrogens is 459 g/mol. The minimum Gasteiger partial charge on any atom is -0.393 e. The molecule has 0 aliphatic carbocycles. The average Bonchev–Trinajstić information content (AvgIpc) is 3.04. The predicted molar refractivity (Wildman–Crippen MR) is 131 cm³/mol. The van der Waals surface area contributed by atoms with Gasteiger partial charge in [-0.15, -0.1) is 0 Å². The van der Waals surface area contributed by atoms with Crippen LogP contribution in [-0.4, -0.2) is 69.1 Å². The third kappa shape index (κ3) is 6.04. The lowest BCUT2D eigenvalue weighted by molar-refractivity contribution is 0.0610. The topological polar surface area (TPSA) is 69.6 Å². The summed E-state index contributed by atoms with van der Waals surface area (Å²) < 4.78 is 0. The van der Waals surface area contributed by atoms with Crippen LogP contribution in [0.3, 0.4) is 0 Å². The summed E-state index contributed by atoms with van der Waals surface area (Å²) in [6.07, 6.45) is 7.53. The number of amides is 1. The van der Waals surface area contributed by atoms with E-state index >= 15 is 0 Å². The molecule has 2 saturated heterocycles. The van der Waals surface area contributed by atoms with Crippen molar-refractivity contribution >= 4 is 29.1 Å². The predicted octanol–water partition coefficient (Wildman–Crippen LogP) is 4.33. The summed E-state index contributed by atoms with van der Waals surface area (Å²) in [6.45, 7) is 5.41. The van der Waals surface area contributed by atoms with Gasteiger partial charge in [-0.2, -0.15) is 0 Å². The molecule has 1 aromatic heterocycles. The van der Waals surface area contributed by atoms with Crippen molar-refractivity contribution in [1.82, 2.24) is 19.8 Å². The van der Waals surface area contributed by atoms with Gasteiger partial charge in [0.25, 0.3) is 5.91 Å². The van der Waals surface area contributed by atoms with Crippen molar-refractivity contribution in [3.8, 4) is 0 Å². The number of aryl methyl sites for hydroxylation is 2. The van der Waals surface area contributed by atoms with Crippen LogP contribution < -0.4 is 0 Å². The van der Waals surface area contributed by atoms with E-state index in [0.717, 1.165) is 81.5 Å². The van der Waals surface area contributed by atoms with E-state index in [9.17, 15) is 9.90 Å². The van der Waals surface area contributed by atoms with Gasteiger partial charge in [0.05, 0.1) is 16.1 Å². The molecule has 2 fully saturated rings. The van der Waals surface area contributed by atoms with E-state index in [0.29, 0.717) is 28.2 Å². The summed E-state index contributed by atoms with van der Waals surface area (Å²) in [6, 6.07) is 6.14. The molecule has 0 spiro atoms. The summed E-state index contributed by atoms with van der Waals surface area (Å²) in [7, 11) is 0. The number of piperidine rings is 1. The highest BCUT2D eigenvalue weighted by Gasteiger charge is 2.30. The zero-order valence-electron chi connectivity index (χ0n) is 19.1. The lowest BCUT2D eigenvalue weighted by Gasteiger charge is -2.38. The number of carbonyl (C=O) groups is 1. The fraction of sp³-hybridized carbons (Fsp3) is 0.560. The van der Waals surface area contributed by atoms with Crippen LogP contribution in [0.4, 0.5) is 0 Å². The van der Waals surface area contributed by atoms with E-state index in [1.807, 2.05) is 24.0 Å². The molecule has 178 valence electrons. The Kier molecular flexibility index (Phi) is 8.23. The monoisotopic (exact) mass is 490 g/mol. The molecule has 6 nitrogen and oxygen atoms in total. The zero-order valence-corrected chi connectivity index (χ0v) is 20.7. The van der Waals surface area contributed by atoms with E-state index in [1.54, 1.807) is 6.07 Å². The average molecular weight is 491 g/mol. The molecule has 1 atom stereocenters. The molecule has 2 aliphatic rings. The number of benzene rings is 1. The maximum Gasteiger partial charge on any atom is 0.272 e. The van der Waals surface area contributed by atoms with Gasteiger partial charge in [0.15, 0.2) is 0 Å². The first-order valence-corrected chi connectivity index (χ1v) is 12.6. The van der Waals surface area contributed by atoms with Crippen LogP contribution in [0.5, 0.6) is 0 Å². The van der Waals surface area contributed by atoms with Crippen molar-refractivity contribution in [2.75, 3.05) is 26.2 Å². The molecule has 1 unspecified atom stereocenters. The Morgan fingerprint density at radius 1 is 1.03 bits per heavy atom. The molecule has 0 saturated carbocycles. The third-order valence-corrected chi connectivity index (χ3v) is 7.76. The van der Waals surface area contributed by atoms with Crippen molar-refractivity contribution in [3.05, 3.63) is 57.1 Å². The quantitative estimate of drug-likeness (QED) is 0.675. The van der Waals surface area contributed by atoms with Crippen molar-refractivity contribution in [2.45, 2.75) is 64.0 Å². The normalized spacial score (nSPS) is 20.6. The Hall–Kier alpha value is -1.73. The number of carbonyl (C=O) groups excluding carboxylic acids is 1. The SMILES string of the molecule is Cc1c(CCc2ccc(Cl)c(Cl)c2)ncnc1C(=O)N1CCC(N2CCCC(O)CC2)CC1. The van der Waals surface area contributed by atoms with E-state index in [1.165, 1.54) is 6.33 Å². The second kappa shape index (κ2) is 11.1. The van der Waals surface area contributed by atoms with Crippen LogP contribution in [0.2, 0.25) is 10.0 Å². The Bertz CT molecular complexity index is 979. The molecule has 33 heavy (non-hydrogen) atoms. The second-order valence-corrected chi connectivity index (χ2v) is 10.0. The highest BCUT2D eigenvalue weighted by Crippen LogP contribution is 2.25. The van der Waals surface area contributed by atoms with Crippen molar-refractivity contribution in [2.24, 2.45) is 0 Å². The number of aromatic nitrogens is 2. The number of hydrogen-bond donors (Lipinski definition) is 1. The van der Waals surface area contributed by atoms with Crippen LogP contribution in [0.25, 0.3) is 0 Å². The van der Waals surface area contributed by atoms with Gasteiger partial charge in [-0.3, -0.25) is 4.79 Å². The molecule has 0 bridgehead atoms. The van der Waals surface area contributed by atoms with Gasteiger partial charge in [0, 0.05) is 36.9 Å². The van der Waals surface area contributed by atoms with Gasteiger partial charge in [0.1, 0.15) is 12.0 Å². The number of rotatable bonds is 5. The Balaban J connectivity index is 1.36. The molecule has 4 rings (SSSR count). The molecule has 0 radical (unpaired) electrons. The maximum atomic E-state index is 13.3. The van der Waals surface area contributed by atoms with Crippen molar-refractivity contribution in [1.29, 1.82) is 0 Å². The maximum absolute atomic E-state index is 13.3. The van der Waals surface area contributed by atoms with E-state index in [-0.39, 0.29) is 12.0 Å². The van der Waals surface area contributed by atoms with E-state index in [4.69, 9.17) is 23.2 Å². The number of nitrogens with zero attached hydrogens (tertiary/aromatic N) is 4. The third-order valence-electron chi connectivity index (χ3n) is 7.03. The van der Waals surface area contributed by atoms with Crippen molar-refractivity contribution < 1.29 is 9.90 Å². The minimum absolute atomic E-state index is 0.00424. The lowest BCUT2D eigenvalue weighted by Crippen LogP contribution is -2.47. The molecule has 1 N–H and O–H groups in total.